The first kappa shape index (κ1) is 14.5. The number of nitrogens with zero attached hydrogens (tertiary/aromatic N) is 1. The van der Waals surface area contributed by atoms with Crippen LogP contribution in [0.15, 0.2) is 10.6 Å². The van der Waals surface area contributed by atoms with E-state index in [0.717, 1.165) is 9.75 Å². The van der Waals surface area contributed by atoms with Crippen LogP contribution in [0.1, 0.15) is 41.9 Å². The van der Waals surface area contributed by atoms with Crippen LogP contribution in [0.5, 0.6) is 0 Å². The van der Waals surface area contributed by atoms with Crippen molar-refractivity contribution in [3.63, 3.8) is 0 Å². The van der Waals surface area contributed by atoms with Crippen LogP contribution in [0, 0.1) is 27.7 Å². The van der Waals surface area contributed by atoms with E-state index >= 15 is 0 Å². The molecule has 0 aliphatic heterocycles. The van der Waals surface area contributed by atoms with Gasteiger partial charge in [-0.15, -0.1) is 11.3 Å². The smallest absolute Gasteiger partial charge is 0.344 e. The zero-order chi connectivity index (χ0) is 14.9. The average Bonchev–Trinajstić information content (AvgIpc) is 2.89. The van der Waals surface area contributed by atoms with E-state index in [1.54, 1.807) is 25.2 Å². The standard InChI is InChI=1S/C14H15NO4S/c1-7-5-11(10(4)20-7)12(16)6-18-14(17)13-8(2)15-19-9(13)3/h5H,6H2,1-4H3. The summed E-state index contributed by atoms with van der Waals surface area (Å²) in [6.07, 6.45) is 0. The molecular formula is C14H15NO4S. The molecule has 20 heavy (non-hydrogen) atoms. The molecule has 0 saturated carbocycles. The highest BCUT2D eigenvalue weighted by atomic mass is 32.1. The first-order valence-electron chi connectivity index (χ1n) is 6.10. The lowest BCUT2D eigenvalue weighted by atomic mass is 10.1. The van der Waals surface area contributed by atoms with E-state index in [2.05, 4.69) is 5.16 Å². The Kier molecular flexibility index (Phi) is 4.04. The summed E-state index contributed by atoms with van der Waals surface area (Å²) in [5.41, 5.74) is 1.36. The summed E-state index contributed by atoms with van der Waals surface area (Å²) in [5.74, 6) is -0.395. The number of aryl methyl sites for hydroxylation is 4. The van der Waals surface area contributed by atoms with Gasteiger partial charge < -0.3 is 9.26 Å². The number of carbonyl (C=O) groups is 2. The van der Waals surface area contributed by atoms with E-state index in [0.29, 0.717) is 17.0 Å². The maximum absolute atomic E-state index is 12.0. The van der Waals surface area contributed by atoms with Crippen molar-refractivity contribution in [2.24, 2.45) is 0 Å². The summed E-state index contributed by atoms with van der Waals surface area (Å²) >= 11 is 1.55. The molecule has 0 N–H and O–H groups in total. The number of esters is 1. The topological polar surface area (TPSA) is 69.4 Å². The maximum Gasteiger partial charge on any atom is 0.344 e. The highest BCUT2D eigenvalue weighted by Gasteiger charge is 2.21. The van der Waals surface area contributed by atoms with Gasteiger partial charge in [-0.2, -0.15) is 0 Å². The number of Topliss-reactive ketones (excluding diaryl/α,β-unsaturated/α-hetero) is 1. The van der Waals surface area contributed by atoms with Gasteiger partial charge in [0.2, 0.25) is 5.78 Å². The van der Waals surface area contributed by atoms with Crippen LogP contribution >= 0.6 is 11.3 Å². The van der Waals surface area contributed by atoms with Gasteiger partial charge in [-0.1, -0.05) is 5.16 Å². The van der Waals surface area contributed by atoms with Crippen LogP contribution in [-0.4, -0.2) is 23.5 Å². The summed E-state index contributed by atoms with van der Waals surface area (Å²) in [6, 6.07) is 1.81. The Morgan fingerprint density at radius 3 is 2.50 bits per heavy atom. The van der Waals surface area contributed by atoms with Gasteiger partial charge in [-0.3, -0.25) is 4.79 Å². The predicted molar refractivity (Wildman–Crippen MR) is 74.4 cm³/mol. The second-order valence-corrected chi connectivity index (χ2v) is 5.99. The minimum absolute atomic E-state index is 0.202. The first-order chi connectivity index (χ1) is 9.40. The van der Waals surface area contributed by atoms with E-state index in [4.69, 9.17) is 9.26 Å². The molecule has 0 spiro atoms. The van der Waals surface area contributed by atoms with Crippen molar-refractivity contribution in [2.45, 2.75) is 27.7 Å². The molecule has 106 valence electrons. The second-order valence-electron chi connectivity index (χ2n) is 4.53. The maximum atomic E-state index is 12.0. The number of hydrogen-bond acceptors (Lipinski definition) is 6. The van der Waals surface area contributed by atoms with Crippen molar-refractivity contribution < 1.29 is 18.8 Å². The Bertz CT molecular complexity index is 649. The monoisotopic (exact) mass is 293 g/mol. The Hall–Kier alpha value is -1.95. The minimum Gasteiger partial charge on any atom is -0.454 e. The van der Waals surface area contributed by atoms with Gasteiger partial charge in [-0.05, 0) is 33.8 Å². The molecule has 0 atom stereocenters. The first-order valence-corrected chi connectivity index (χ1v) is 6.92. The molecule has 0 aliphatic carbocycles. The zero-order valence-electron chi connectivity index (χ0n) is 11.8. The third-order valence-electron chi connectivity index (χ3n) is 2.91. The van der Waals surface area contributed by atoms with Gasteiger partial charge in [0, 0.05) is 15.3 Å². The van der Waals surface area contributed by atoms with E-state index in [1.165, 1.54) is 0 Å². The molecule has 0 amide bonds. The molecule has 0 aliphatic rings. The van der Waals surface area contributed by atoms with Crippen molar-refractivity contribution in [2.75, 3.05) is 6.61 Å². The van der Waals surface area contributed by atoms with Crippen molar-refractivity contribution in [1.82, 2.24) is 5.16 Å². The molecule has 2 aromatic heterocycles. The lowest BCUT2D eigenvalue weighted by Crippen LogP contribution is -2.15. The van der Waals surface area contributed by atoms with Crippen molar-refractivity contribution in [1.29, 1.82) is 0 Å². The van der Waals surface area contributed by atoms with E-state index in [-0.39, 0.29) is 18.0 Å². The van der Waals surface area contributed by atoms with Crippen LogP contribution in [0.25, 0.3) is 0 Å². The largest absolute Gasteiger partial charge is 0.454 e. The van der Waals surface area contributed by atoms with Gasteiger partial charge in [0.1, 0.15) is 11.3 Å². The summed E-state index contributed by atoms with van der Waals surface area (Å²) in [5, 5.41) is 3.68. The average molecular weight is 293 g/mol. The van der Waals surface area contributed by atoms with Crippen LogP contribution in [-0.2, 0) is 4.74 Å². The summed E-state index contributed by atoms with van der Waals surface area (Å²) < 4.78 is 9.94. The van der Waals surface area contributed by atoms with E-state index in [1.807, 2.05) is 19.9 Å². The Labute approximate surface area is 120 Å². The fourth-order valence-electron chi connectivity index (χ4n) is 1.96. The normalized spacial score (nSPS) is 10.6. The molecule has 5 nitrogen and oxygen atoms in total. The molecule has 6 heteroatoms. The number of aromatic nitrogens is 1. The van der Waals surface area contributed by atoms with Crippen molar-refractivity contribution in [3.8, 4) is 0 Å². The van der Waals surface area contributed by atoms with Crippen LogP contribution in [0.2, 0.25) is 0 Å². The Morgan fingerprint density at radius 2 is 2.00 bits per heavy atom. The lowest BCUT2D eigenvalue weighted by Gasteiger charge is -2.03. The lowest BCUT2D eigenvalue weighted by molar-refractivity contribution is 0.0472. The highest BCUT2D eigenvalue weighted by molar-refractivity contribution is 7.12. The molecule has 0 saturated heterocycles. The Morgan fingerprint density at radius 1 is 1.30 bits per heavy atom. The number of carbonyl (C=O) groups excluding carboxylic acids is 2. The zero-order valence-corrected chi connectivity index (χ0v) is 12.6. The Balaban J connectivity index is 2.04. The van der Waals surface area contributed by atoms with Gasteiger partial charge in [0.15, 0.2) is 6.61 Å². The molecule has 0 aromatic carbocycles. The molecule has 2 aromatic rings. The predicted octanol–water partition coefficient (Wildman–Crippen LogP) is 3.01. The van der Waals surface area contributed by atoms with Gasteiger partial charge in [0.25, 0.3) is 0 Å². The van der Waals surface area contributed by atoms with Crippen LogP contribution in [0.4, 0.5) is 0 Å². The number of hydrogen-bond donors (Lipinski definition) is 0. The van der Waals surface area contributed by atoms with Gasteiger partial charge >= 0.3 is 5.97 Å². The van der Waals surface area contributed by atoms with Crippen molar-refractivity contribution in [3.05, 3.63) is 38.4 Å². The number of ketones is 1. The molecule has 0 bridgehead atoms. The summed E-state index contributed by atoms with van der Waals surface area (Å²) in [6.45, 7) is 6.82. The van der Waals surface area contributed by atoms with E-state index < -0.39 is 5.97 Å². The SMILES string of the molecule is Cc1cc(C(=O)COC(=O)c2c(C)noc2C)c(C)s1. The second kappa shape index (κ2) is 5.58. The third-order valence-corrected chi connectivity index (χ3v) is 3.88. The molecule has 0 fully saturated rings. The minimum atomic E-state index is -0.584. The molecule has 2 heterocycles. The summed E-state index contributed by atoms with van der Waals surface area (Å²) in [7, 11) is 0. The molecular weight excluding hydrogens is 278 g/mol. The third kappa shape index (κ3) is 2.80. The van der Waals surface area contributed by atoms with Gasteiger partial charge in [-0.25, -0.2) is 4.79 Å². The fraction of sp³-hybridized carbons (Fsp3) is 0.357. The van der Waals surface area contributed by atoms with Crippen LogP contribution in [0.3, 0.4) is 0 Å². The van der Waals surface area contributed by atoms with Crippen molar-refractivity contribution >= 4 is 23.1 Å². The molecule has 0 radical (unpaired) electrons. The fourth-order valence-corrected chi connectivity index (χ4v) is 2.91. The van der Waals surface area contributed by atoms with E-state index in [9.17, 15) is 9.59 Å². The number of rotatable bonds is 4. The quantitative estimate of drug-likeness (QED) is 0.640. The van der Waals surface area contributed by atoms with Crippen LogP contribution < -0.4 is 0 Å². The highest BCUT2D eigenvalue weighted by Crippen LogP contribution is 2.21. The number of ether oxygens (including phenoxy) is 1. The van der Waals surface area contributed by atoms with Gasteiger partial charge in [0.05, 0.1) is 5.69 Å². The molecule has 0 unspecified atom stereocenters. The summed E-state index contributed by atoms with van der Waals surface area (Å²) in [4.78, 5) is 25.9. The molecule has 2 rings (SSSR count). The number of thiophene rings is 1.